The average Bonchev–Trinajstić information content (AvgIpc) is 3.12. The first-order valence-electron chi connectivity index (χ1n) is 14.4. The Morgan fingerprint density at radius 3 is 2.45 bits per heavy atom. The van der Waals surface area contributed by atoms with Gasteiger partial charge in [-0.3, -0.25) is 0 Å². The normalized spacial score (nSPS) is 44.6. The molecule has 0 aromatic heterocycles. The Morgan fingerprint density at radius 2 is 1.79 bits per heavy atom. The van der Waals surface area contributed by atoms with E-state index in [0.29, 0.717) is 29.7 Å². The van der Waals surface area contributed by atoms with E-state index in [2.05, 4.69) is 40.7 Å². The van der Waals surface area contributed by atoms with Crippen LogP contribution in [0, 0.1) is 58.2 Å². The summed E-state index contributed by atoms with van der Waals surface area (Å²) in [7, 11) is 0. The van der Waals surface area contributed by atoms with Crippen molar-refractivity contribution in [3.8, 4) is 0 Å². The molecule has 0 amide bonds. The lowest BCUT2D eigenvalue weighted by molar-refractivity contribution is -0.0873. The molecule has 0 aromatic carbocycles. The van der Waals surface area contributed by atoms with Crippen LogP contribution in [0.4, 0.5) is 0 Å². The Hall–Kier alpha value is -0.380. The molecule has 190 valence electrons. The van der Waals surface area contributed by atoms with Crippen LogP contribution in [0.3, 0.4) is 0 Å². The molecule has 0 saturated heterocycles. The summed E-state index contributed by atoms with van der Waals surface area (Å²) in [5.74, 6) is 5.06. The van der Waals surface area contributed by atoms with Gasteiger partial charge in [-0.25, -0.2) is 0 Å². The number of aliphatic hydroxyl groups is 2. The van der Waals surface area contributed by atoms with E-state index in [4.69, 9.17) is 5.73 Å². The number of hydrogen-bond donors (Lipinski definition) is 3. The third-order valence-corrected chi connectivity index (χ3v) is 11.5. The summed E-state index contributed by atoms with van der Waals surface area (Å²) in [4.78, 5) is 0. The summed E-state index contributed by atoms with van der Waals surface area (Å²) < 4.78 is 0. The largest absolute Gasteiger partial charge is 0.396 e. The van der Waals surface area contributed by atoms with Crippen LogP contribution in [0.1, 0.15) is 98.8 Å². The molecule has 4 unspecified atom stereocenters. The van der Waals surface area contributed by atoms with Crippen LogP contribution in [-0.2, 0) is 0 Å². The first-order chi connectivity index (χ1) is 15.7. The smallest absolute Gasteiger partial charge is 0.0577 e. The fourth-order valence-electron chi connectivity index (χ4n) is 9.54. The van der Waals surface area contributed by atoms with Crippen LogP contribution in [0.5, 0.6) is 0 Å². The van der Waals surface area contributed by atoms with Crippen LogP contribution in [0.25, 0.3) is 0 Å². The molecule has 4 aliphatic carbocycles. The zero-order valence-corrected chi connectivity index (χ0v) is 22.2. The second-order valence-corrected chi connectivity index (χ2v) is 13.6. The van der Waals surface area contributed by atoms with E-state index in [1.165, 1.54) is 50.5 Å². The van der Waals surface area contributed by atoms with Gasteiger partial charge >= 0.3 is 0 Å². The molecule has 4 rings (SSSR count). The fourth-order valence-corrected chi connectivity index (χ4v) is 9.54. The molecule has 0 spiro atoms. The Labute approximate surface area is 204 Å². The zero-order chi connectivity index (χ0) is 24.0. The van der Waals surface area contributed by atoms with Crippen molar-refractivity contribution in [3.05, 3.63) is 11.6 Å². The third kappa shape index (κ3) is 4.49. The molecular formula is C30H53NO2. The minimum atomic E-state index is -0.191. The topological polar surface area (TPSA) is 66.5 Å². The van der Waals surface area contributed by atoms with Crippen LogP contribution in [0.15, 0.2) is 11.6 Å². The lowest BCUT2D eigenvalue weighted by Gasteiger charge is -2.61. The molecule has 10 atom stereocenters. The van der Waals surface area contributed by atoms with Crippen LogP contribution in [0.2, 0.25) is 0 Å². The van der Waals surface area contributed by atoms with Crippen molar-refractivity contribution >= 4 is 0 Å². The van der Waals surface area contributed by atoms with Crippen molar-refractivity contribution in [2.24, 2.45) is 63.9 Å². The second-order valence-electron chi connectivity index (χ2n) is 13.6. The summed E-state index contributed by atoms with van der Waals surface area (Å²) in [5, 5.41) is 20.8. The van der Waals surface area contributed by atoms with Gasteiger partial charge in [0.15, 0.2) is 0 Å². The maximum atomic E-state index is 10.5. The third-order valence-electron chi connectivity index (χ3n) is 11.5. The molecule has 33 heavy (non-hydrogen) atoms. The van der Waals surface area contributed by atoms with Gasteiger partial charge < -0.3 is 15.9 Å². The molecular weight excluding hydrogens is 406 g/mol. The maximum absolute atomic E-state index is 10.5. The quantitative estimate of drug-likeness (QED) is 0.380. The van der Waals surface area contributed by atoms with Gasteiger partial charge in [0.2, 0.25) is 0 Å². The highest BCUT2D eigenvalue weighted by atomic mass is 16.3. The van der Waals surface area contributed by atoms with Gasteiger partial charge in [-0.05, 0) is 104 Å². The van der Waals surface area contributed by atoms with Crippen LogP contribution in [-0.4, -0.2) is 29.5 Å². The number of rotatable bonds is 8. The van der Waals surface area contributed by atoms with Gasteiger partial charge in [-0.1, -0.05) is 65.5 Å². The molecule has 4 aliphatic rings. The highest BCUT2D eigenvalue weighted by Crippen LogP contribution is 2.68. The van der Waals surface area contributed by atoms with Gasteiger partial charge in [0.25, 0.3) is 0 Å². The first-order valence-corrected chi connectivity index (χ1v) is 14.4. The maximum Gasteiger partial charge on any atom is 0.0577 e. The SMILES string of the molecule is CC(C)CCC[C@@H](C)[C@H]1CCC2C3C(CC[C@@]21C)[C@@]1(C)CC[C@H](O)CC1=C[C@@H]3C(CN)CO. The number of hydrogen-bond acceptors (Lipinski definition) is 3. The van der Waals surface area contributed by atoms with E-state index >= 15 is 0 Å². The monoisotopic (exact) mass is 459 g/mol. The minimum absolute atomic E-state index is 0.151. The second kappa shape index (κ2) is 9.94. The molecule has 4 N–H and O–H groups in total. The molecule has 3 heteroatoms. The first kappa shape index (κ1) is 25.7. The molecule has 0 aliphatic heterocycles. The predicted molar refractivity (Wildman–Crippen MR) is 138 cm³/mol. The number of nitrogens with two attached hydrogens (primary N) is 1. The highest BCUT2D eigenvalue weighted by molar-refractivity contribution is 5.28. The van der Waals surface area contributed by atoms with Gasteiger partial charge in [-0.2, -0.15) is 0 Å². The average molecular weight is 460 g/mol. The molecule has 0 heterocycles. The summed E-state index contributed by atoms with van der Waals surface area (Å²) in [6.45, 7) is 13.1. The van der Waals surface area contributed by atoms with Crippen molar-refractivity contribution in [2.45, 2.75) is 105 Å². The van der Waals surface area contributed by atoms with Gasteiger partial charge in [0.05, 0.1) is 6.10 Å². The van der Waals surface area contributed by atoms with Gasteiger partial charge in [0.1, 0.15) is 0 Å². The summed E-state index contributed by atoms with van der Waals surface area (Å²) in [5.41, 5.74) is 8.40. The van der Waals surface area contributed by atoms with E-state index in [0.717, 1.165) is 42.9 Å². The molecule has 0 aromatic rings. The Balaban J connectivity index is 1.63. The van der Waals surface area contributed by atoms with Crippen molar-refractivity contribution in [2.75, 3.05) is 13.2 Å². The Morgan fingerprint density at radius 1 is 1.03 bits per heavy atom. The number of allylic oxidation sites excluding steroid dienone is 1. The zero-order valence-electron chi connectivity index (χ0n) is 22.2. The summed E-state index contributed by atoms with van der Waals surface area (Å²) >= 11 is 0. The minimum Gasteiger partial charge on any atom is -0.396 e. The van der Waals surface area contributed by atoms with Crippen LogP contribution < -0.4 is 5.73 Å². The van der Waals surface area contributed by atoms with E-state index < -0.39 is 0 Å². The lowest BCUT2D eigenvalue weighted by Crippen LogP contribution is -2.55. The standard InChI is InChI=1S/C30H53NO2/c1-19(2)7-6-8-20(3)25-9-10-26-28-24(21(17-31)18-32)16-22-15-23(33)11-13-29(22,4)27(28)12-14-30(25,26)5/h16,19-21,23-28,32-33H,6-15,17-18,31H2,1-5H3/t20-,21?,23+,24-,25-,26?,27?,28?,29+,30-/m1/s1. The van der Waals surface area contributed by atoms with Gasteiger partial charge in [0, 0.05) is 12.5 Å². The van der Waals surface area contributed by atoms with Crippen molar-refractivity contribution in [1.29, 1.82) is 0 Å². The summed E-state index contributed by atoms with van der Waals surface area (Å²) in [6.07, 6.45) is 14.8. The fraction of sp³-hybridized carbons (Fsp3) is 0.933. The van der Waals surface area contributed by atoms with E-state index in [1.54, 1.807) is 0 Å². The van der Waals surface area contributed by atoms with E-state index in [-0.39, 0.29) is 24.0 Å². The van der Waals surface area contributed by atoms with E-state index in [1.807, 2.05) is 0 Å². The van der Waals surface area contributed by atoms with Crippen molar-refractivity contribution in [1.82, 2.24) is 0 Å². The lowest BCUT2D eigenvalue weighted by atomic mass is 9.44. The number of aliphatic hydroxyl groups excluding tert-OH is 2. The molecule has 3 fully saturated rings. The molecule has 0 radical (unpaired) electrons. The van der Waals surface area contributed by atoms with Gasteiger partial charge in [-0.15, -0.1) is 0 Å². The number of fused-ring (bicyclic) bond motifs is 5. The molecule has 0 bridgehead atoms. The molecule has 3 nitrogen and oxygen atoms in total. The van der Waals surface area contributed by atoms with Crippen molar-refractivity contribution in [3.63, 3.8) is 0 Å². The predicted octanol–water partition coefficient (Wildman–Crippen LogP) is 6.18. The van der Waals surface area contributed by atoms with Crippen LogP contribution >= 0.6 is 0 Å². The van der Waals surface area contributed by atoms with Crippen molar-refractivity contribution < 1.29 is 10.2 Å². The highest BCUT2D eigenvalue weighted by Gasteiger charge is 2.61. The summed E-state index contributed by atoms with van der Waals surface area (Å²) in [6, 6.07) is 0. The Bertz CT molecular complexity index is 699. The van der Waals surface area contributed by atoms with E-state index in [9.17, 15) is 10.2 Å². The molecule has 3 saturated carbocycles. The Kier molecular flexibility index (Phi) is 7.74.